The Balaban J connectivity index is 1.99. The highest BCUT2D eigenvalue weighted by molar-refractivity contribution is 6.30. The molecule has 0 radical (unpaired) electrons. The third-order valence-electron chi connectivity index (χ3n) is 2.12. The van der Waals surface area contributed by atoms with Crippen LogP contribution in [0.25, 0.3) is 0 Å². The number of hydrogen-bond donors (Lipinski definition) is 0. The van der Waals surface area contributed by atoms with Crippen molar-refractivity contribution < 1.29 is 9.34 Å². The smallest absolute Gasteiger partial charge is 0.400 e. The summed E-state index contributed by atoms with van der Waals surface area (Å²) in [6.45, 7) is 0. The number of benzene rings is 1. The van der Waals surface area contributed by atoms with Gasteiger partial charge < -0.3 is 4.42 Å². The van der Waals surface area contributed by atoms with Gasteiger partial charge in [0.05, 0.1) is 18.5 Å². The van der Waals surface area contributed by atoms with Gasteiger partial charge in [-0.25, -0.2) is 0 Å². The molecule has 0 aliphatic carbocycles. The van der Waals surface area contributed by atoms with Crippen LogP contribution in [0.3, 0.4) is 0 Å². The topological polar surface area (TPSA) is 81.0 Å². The fourth-order valence-electron chi connectivity index (χ4n) is 1.25. The lowest BCUT2D eigenvalue weighted by Crippen LogP contribution is -1.83. The Morgan fingerprint density at radius 1 is 1.11 bits per heavy atom. The predicted octanol–water partition coefficient (Wildman–Crippen LogP) is 3.29. The molecule has 0 unspecified atom stereocenters. The van der Waals surface area contributed by atoms with E-state index in [0.29, 0.717) is 5.02 Å². The Kier molecular flexibility index (Phi) is 4.04. The lowest BCUT2D eigenvalue weighted by atomic mass is 10.2. The number of nitro groups is 1. The van der Waals surface area contributed by atoms with Gasteiger partial charge in [-0.2, -0.15) is 10.2 Å². The van der Waals surface area contributed by atoms with Gasteiger partial charge in [0, 0.05) is 5.02 Å². The van der Waals surface area contributed by atoms with Gasteiger partial charge in [-0.15, -0.1) is 0 Å². The molecule has 2 rings (SSSR count). The second kappa shape index (κ2) is 5.92. The summed E-state index contributed by atoms with van der Waals surface area (Å²) >= 11 is 5.74. The highest BCUT2D eigenvalue weighted by Crippen LogP contribution is 2.13. The van der Waals surface area contributed by atoms with E-state index in [9.17, 15) is 10.1 Å². The number of furan rings is 1. The van der Waals surface area contributed by atoms with Gasteiger partial charge in [0.1, 0.15) is 4.92 Å². The summed E-state index contributed by atoms with van der Waals surface area (Å²) < 4.78 is 4.87. The van der Waals surface area contributed by atoms with Gasteiger partial charge in [-0.1, -0.05) is 23.7 Å². The summed E-state index contributed by atoms with van der Waals surface area (Å²) in [4.78, 5) is 9.77. The van der Waals surface area contributed by atoms with Crippen molar-refractivity contribution in [2.45, 2.75) is 0 Å². The van der Waals surface area contributed by atoms with Crippen LogP contribution < -0.4 is 0 Å². The molecular weight excluding hydrogens is 270 g/mol. The molecule has 0 saturated heterocycles. The minimum atomic E-state index is -0.617. The summed E-state index contributed by atoms with van der Waals surface area (Å²) in [6.07, 6.45) is 2.82. The zero-order chi connectivity index (χ0) is 13.7. The first-order valence-corrected chi connectivity index (χ1v) is 5.59. The Labute approximate surface area is 113 Å². The maximum atomic E-state index is 10.4. The molecule has 7 heteroatoms. The van der Waals surface area contributed by atoms with Crippen LogP contribution in [0.5, 0.6) is 0 Å². The number of nitrogens with zero attached hydrogens (tertiary/aromatic N) is 3. The van der Waals surface area contributed by atoms with E-state index in [-0.39, 0.29) is 11.6 Å². The standard InChI is InChI=1S/C12H8ClN3O3/c13-10-3-1-9(2-4-10)7-14-15-8-11-5-6-12(19-11)16(17)18/h1-8H/b14-7+,15-8+. The Morgan fingerprint density at radius 3 is 2.42 bits per heavy atom. The van der Waals surface area contributed by atoms with Crippen molar-refractivity contribution in [3.63, 3.8) is 0 Å². The SMILES string of the molecule is O=[N+]([O-])c1ccc(/C=N/N=C/c2ccc(Cl)cc2)o1. The molecule has 0 aliphatic rings. The summed E-state index contributed by atoms with van der Waals surface area (Å²) in [6, 6.07) is 9.76. The van der Waals surface area contributed by atoms with E-state index >= 15 is 0 Å². The minimum absolute atomic E-state index is 0.264. The fraction of sp³-hybridized carbons (Fsp3) is 0. The normalized spacial score (nSPS) is 11.4. The quantitative estimate of drug-likeness (QED) is 0.488. The maximum Gasteiger partial charge on any atom is 0.433 e. The first kappa shape index (κ1) is 13.0. The molecule has 0 saturated carbocycles. The summed E-state index contributed by atoms with van der Waals surface area (Å²) in [5, 5.41) is 18.5. The van der Waals surface area contributed by atoms with Crippen LogP contribution in [0, 0.1) is 10.1 Å². The third kappa shape index (κ3) is 3.75. The summed E-state index contributed by atoms with van der Waals surface area (Å²) in [5.41, 5.74) is 0.840. The first-order valence-electron chi connectivity index (χ1n) is 5.21. The molecule has 1 aromatic heterocycles. The van der Waals surface area contributed by atoms with E-state index in [0.717, 1.165) is 5.56 Å². The van der Waals surface area contributed by atoms with E-state index < -0.39 is 4.92 Å². The number of hydrogen-bond acceptors (Lipinski definition) is 5. The van der Waals surface area contributed by atoms with Crippen LogP contribution in [0.1, 0.15) is 11.3 Å². The van der Waals surface area contributed by atoms with E-state index in [1.165, 1.54) is 24.6 Å². The molecule has 6 nitrogen and oxygen atoms in total. The maximum absolute atomic E-state index is 10.4. The fourth-order valence-corrected chi connectivity index (χ4v) is 1.37. The molecule has 0 aliphatic heterocycles. The van der Waals surface area contributed by atoms with Crippen molar-refractivity contribution in [3.8, 4) is 0 Å². The van der Waals surface area contributed by atoms with Crippen molar-refractivity contribution in [1.82, 2.24) is 0 Å². The Morgan fingerprint density at radius 2 is 1.79 bits per heavy atom. The van der Waals surface area contributed by atoms with Gasteiger partial charge in [0.25, 0.3) is 0 Å². The lowest BCUT2D eigenvalue weighted by molar-refractivity contribution is -0.402. The Hall–Kier alpha value is -2.47. The van der Waals surface area contributed by atoms with Gasteiger partial charge in [-0.3, -0.25) is 10.1 Å². The van der Waals surface area contributed by atoms with E-state index in [1.807, 2.05) is 0 Å². The van der Waals surface area contributed by atoms with Gasteiger partial charge >= 0.3 is 5.88 Å². The summed E-state index contributed by atoms with van der Waals surface area (Å²) in [7, 11) is 0. The molecule has 0 N–H and O–H groups in total. The molecule has 0 amide bonds. The van der Waals surface area contributed by atoms with Crippen LogP contribution in [-0.4, -0.2) is 17.4 Å². The zero-order valence-corrected chi connectivity index (χ0v) is 10.3. The van der Waals surface area contributed by atoms with Crippen LogP contribution in [-0.2, 0) is 0 Å². The largest absolute Gasteiger partial charge is 0.433 e. The first-order chi connectivity index (χ1) is 9.15. The highest BCUT2D eigenvalue weighted by atomic mass is 35.5. The lowest BCUT2D eigenvalue weighted by Gasteiger charge is -1.90. The predicted molar refractivity (Wildman–Crippen MR) is 72.0 cm³/mol. The van der Waals surface area contributed by atoms with Crippen molar-refractivity contribution in [1.29, 1.82) is 0 Å². The highest BCUT2D eigenvalue weighted by Gasteiger charge is 2.09. The number of rotatable bonds is 4. The molecular formula is C12H8ClN3O3. The van der Waals surface area contributed by atoms with Crippen molar-refractivity contribution >= 4 is 29.9 Å². The van der Waals surface area contributed by atoms with Crippen molar-refractivity contribution in [2.75, 3.05) is 0 Å². The second-order valence-electron chi connectivity index (χ2n) is 3.47. The molecule has 2 aromatic rings. The van der Waals surface area contributed by atoms with E-state index in [2.05, 4.69) is 10.2 Å². The molecule has 19 heavy (non-hydrogen) atoms. The van der Waals surface area contributed by atoms with Crippen molar-refractivity contribution in [2.24, 2.45) is 10.2 Å². The van der Waals surface area contributed by atoms with Gasteiger partial charge in [-0.05, 0) is 23.8 Å². The summed E-state index contributed by atoms with van der Waals surface area (Å²) in [5.74, 6) is -0.0666. The zero-order valence-electron chi connectivity index (χ0n) is 9.56. The molecule has 0 spiro atoms. The van der Waals surface area contributed by atoms with Crippen LogP contribution in [0.4, 0.5) is 5.88 Å². The van der Waals surface area contributed by atoms with E-state index in [1.54, 1.807) is 24.3 Å². The average molecular weight is 278 g/mol. The van der Waals surface area contributed by atoms with Gasteiger partial charge in [0.2, 0.25) is 0 Å². The van der Waals surface area contributed by atoms with Crippen LogP contribution >= 0.6 is 11.6 Å². The molecule has 1 heterocycles. The Bertz CT molecular complexity index is 632. The monoisotopic (exact) mass is 277 g/mol. The molecule has 0 atom stereocenters. The second-order valence-corrected chi connectivity index (χ2v) is 3.91. The molecule has 96 valence electrons. The molecule has 1 aromatic carbocycles. The minimum Gasteiger partial charge on any atom is -0.400 e. The number of halogens is 1. The van der Waals surface area contributed by atoms with Gasteiger partial charge in [0.15, 0.2) is 5.76 Å². The van der Waals surface area contributed by atoms with Crippen LogP contribution in [0.15, 0.2) is 51.0 Å². The average Bonchev–Trinajstić information content (AvgIpc) is 2.86. The molecule has 0 bridgehead atoms. The molecule has 0 fully saturated rings. The van der Waals surface area contributed by atoms with E-state index in [4.69, 9.17) is 16.0 Å². The van der Waals surface area contributed by atoms with Crippen molar-refractivity contribution in [3.05, 3.63) is 62.9 Å². The van der Waals surface area contributed by atoms with Crippen LogP contribution in [0.2, 0.25) is 5.02 Å². The third-order valence-corrected chi connectivity index (χ3v) is 2.37.